The number of nitrogens with zero attached hydrogens (tertiary/aromatic N) is 1. The second kappa shape index (κ2) is 8.12. The molecule has 4 nitrogen and oxygen atoms in total. The minimum Gasteiger partial charge on any atom is -0.496 e. The van der Waals surface area contributed by atoms with Crippen LogP contribution in [0.2, 0.25) is 0 Å². The van der Waals surface area contributed by atoms with E-state index in [0.29, 0.717) is 0 Å². The fraction of sp³-hybridized carbons (Fsp3) is 0.0909. The molecular weight excluding hydrogens is 326 g/mol. The van der Waals surface area contributed by atoms with Crippen LogP contribution in [0.5, 0.6) is 5.75 Å². The van der Waals surface area contributed by atoms with Crippen LogP contribution in [-0.2, 0) is 9.53 Å². The number of esters is 1. The second-order valence-corrected chi connectivity index (χ2v) is 5.74. The van der Waals surface area contributed by atoms with E-state index < -0.39 is 5.97 Å². The first-order valence-corrected chi connectivity index (χ1v) is 8.23. The van der Waals surface area contributed by atoms with E-state index in [-0.39, 0.29) is 11.6 Å². The number of hydrogen-bond acceptors (Lipinski definition) is 4. The van der Waals surface area contributed by atoms with Gasteiger partial charge in [-0.15, -0.1) is 0 Å². The maximum Gasteiger partial charge on any atom is 0.363 e. The van der Waals surface area contributed by atoms with Gasteiger partial charge in [-0.05, 0) is 30.7 Å². The first-order valence-electron chi connectivity index (χ1n) is 8.23. The molecule has 0 N–H and O–H groups in total. The van der Waals surface area contributed by atoms with Crippen molar-refractivity contribution >= 4 is 24.0 Å². The molecule has 0 atom stereocenters. The maximum atomic E-state index is 11.9. The highest BCUT2D eigenvalue weighted by atomic mass is 16.6. The third-order valence-corrected chi connectivity index (χ3v) is 3.80. The second-order valence-electron chi connectivity index (χ2n) is 5.74. The van der Waals surface area contributed by atoms with Crippen LogP contribution in [-0.4, -0.2) is 19.0 Å². The first-order chi connectivity index (χ1) is 12.7. The number of carbonyl (C=O) groups is 1. The maximum absolute atomic E-state index is 11.9. The number of ether oxygens (including phenoxy) is 2. The summed E-state index contributed by atoms with van der Waals surface area (Å²) in [6.07, 6.45) is 8.79. The fourth-order valence-corrected chi connectivity index (χ4v) is 2.40. The number of aliphatic imine (C=N–C) groups is 1. The smallest absolute Gasteiger partial charge is 0.363 e. The van der Waals surface area contributed by atoms with E-state index in [1.54, 1.807) is 25.3 Å². The van der Waals surface area contributed by atoms with Crippen LogP contribution < -0.4 is 4.74 Å². The molecule has 4 heteroatoms. The highest BCUT2D eigenvalue weighted by molar-refractivity contribution is 6.09. The van der Waals surface area contributed by atoms with E-state index >= 15 is 0 Å². The summed E-state index contributed by atoms with van der Waals surface area (Å²) >= 11 is 0. The van der Waals surface area contributed by atoms with Crippen molar-refractivity contribution in [2.45, 2.75) is 6.92 Å². The van der Waals surface area contributed by atoms with E-state index in [4.69, 9.17) is 9.47 Å². The summed E-state index contributed by atoms with van der Waals surface area (Å²) in [5.41, 5.74) is 3.39. The Bertz CT molecular complexity index is 919. The lowest BCUT2D eigenvalue weighted by Gasteiger charge is -2.02. The monoisotopic (exact) mass is 345 g/mol. The fourth-order valence-electron chi connectivity index (χ4n) is 2.40. The molecule has 0 aromatic heterocycles. The molecular formula is C22H19NO3. The zero-order valence-corrected chi connectivity index (χ0v) is 14.7. The topological polar surface area (TPSA) is 47.9 Å². The van der Waals surface area contributed by atoms with Gasteiger partial charge in [0.25, 0.3) is 0 Å². The van der Waals surface area contributed by atoms with Crippen LogP contribution >= 0.6 is 0 Å². The average molecular weight is 345 g/mol. The number of allylic oxidation sites excluding steroid dienone is 2. The van der Waals surface area contributed by atoms with Crippen LogP contribution in [0.4, 0.5) is 0 Å². The molecule has 0 spiro atoms. The van der Waals surface area contributed by atoms with Crippen molar-refractivity contribution in [3.8, 4) is 5.75 Å². The lowest BCUT2D eigenvalue weighted by atomic mass is 10.1. The minimum absolute atomic E-state index is 0.264. The van der Waals surface area contributed by atoms with Crippen LogP contribution in [0.15, 0.2) is 77.4 Å². The molecule has 0 saturated carbocycles. The van der Waals surface area contributed by atoms with Gasteiger partial charge >= 0.3 is 5.97 Å². The Balaban J connectivity index is 1.72. The molecule has 26 heavy (non-hydrogen) atoms. The van der Waals surface area contributed by atoms with Gasteiger partial charge < -0.3 is 9.47 Å². The van der Waals surface area contributed by atoms with Crippen molar-refractivity contribution in [1.29, 1.82) is 0 Å². The number of hydrogen-bond donors (Lipinski definition) is 0. The third-order valence-electron chi connectivity index (χ3n) is 3.80. The van der Waals surface area contributed by atoms with Crippen molar-refractivity contribution < 1.29 is 14.3 Å². The Kier molecular flexibility index (Phi) is 5.44. The predicted molar refractivity (Wildman–Crippen MR) is 104 cm³/mol. The predicted octanol–water partition coefficient (Wildman–Crippen LogP) is 4.57. The van der Waals surface area contributed by atoms with Crippen LogP contribution in [0, 0.1) is 6.92 Å². The van der Waals surface area contributed by atoms with Crippen LogP contribution in [0.1, 0.15) is 16.7 Å². The van der Waals surface area contributed by atoms with Crippen molar-refractivity contribution in [1.82, 2.24) is 0 Å². The molecule has 0 radical (unpaired) electrons. The summed E-state index contributed by atoms with van der Waals surface area (Å²) in [4.78, 5) is 16.1. The summed E-state index contributed by atoms with van der Waals surface area (Å²) in [6.45, 7) is 2.03. The minimum atomic E-state index is -0.460. The van der Waals surface area contributed by atoms with Crippen LogP contribution in [0.25, 0.3) is 12.2 Å². The molecule has 3 rings (SSSR count). The highest BCUT2D eigenvalue weighted by Crippen LogP contribution is 2.19. The summed E-state index contributed by atoms with van der Waals surface area (Å²) in [7, 11) is 1.62. The number of rotatable bonds is 5. The van der Waals surface area contributed by atoms with Crippen molar-refractivity contribution in [2.75, 3.05) is 7.11 Å². The van der Waals surface area contributed by atoms with E-state index in [2.05, 4.69) is 4.99 Å². The Labute approximate surface area is 152 Å². The van der Waals surface area contributed by atoms with Crippen molar-refractivity contribution in [3.63, 3.8) is 0 Å². The number of para-hydroxylation sites is 1. The van der Waals surface area contributed by atoms with Gasteiger partial charge in [-0.3, -0.25) is 0 Å². The normalized spacial score (nSPS) is 15.7. The van der Waals surface area contributed by atoms with Gasteiger partial charge in [-0.2, -0.15) is 0 Å². The Morgan fingerprint density at radius 2 is 1.77 bits per heavy atom. The summed E-state index contributed by atoms with van der Waals surface area (Å²) in [5.74, 6) is 0.590. The number of cyclic esters (lactones) is 1. The molecule has 0 unspecified atom stereocenters. The van der Waals surface area contributed by atoms with Gasteiger partial charge in [0.15, 0.2) is 5.70 Å². The number of aryl methyl sites for hydroxylation is 1. The number of methoxy groups -OCH3 is 1. The van der Waals surface area contributed by atoms with Crippen LogP contribution in [0.3, 0.4) is 0 Å². The lowest BCUT2D eigenvalue weighted by molar-refractivity contribution is -0.129. The quantitative estimate of drug-likeness (QED) is 0.589. The molecule has 2 aromatic rings. The van der Waals surface area contributed by atoms with Gasteiger partial charge in [-0.1, -0.05) is 60.2 Å². The van der Waals surface area contributed by atoms with E-state index in [1.165, 1.54) is 5.56 Å². The first kappa shape index (κ1) is 17.4. The van der Waals surface area contributed by atoms with E-state index in [9.17, 15) is 4.79 Å². The number of benzene rings is 2. The number of carbonyl (C=O) groups excluding carboxylic acids is 1. The highest BCUT2D eigenvalue weighted by Gasteiger charge is 2.20. The standard InChI is InChI=1S/C22H19NO3/c1-16-10-12-17(13-11-16)14-15-21-23-19(22(24)26-21)8-5-7-18-6-3-4-9-20(18)25-2/h3-15H,1-2H3/b7-5+,15-14+,19-8+. The van der Waals surface area contributed by atoms with Gasteiger partial charge in [-0.25, -0.2) is 9.79 Å². The van der Waals surface area contributed by atoms with E-state index in [1.807, 2.05) is 67.6 Å². The third kappa shape index (κ3) is 4.36. The SMILES string of the molecule is COc1ccccc1/C=C/C=C1N=C(/C=C/c2ccc(C)cc2)OC/1=O. The molecule has 1 heterocycles. The van der Waals surface area contributed by atoms with Crippen molar-refractivity contribution in [3.05, 3.63) is 89.1 Å². The molecule has 0 amide bonds. The molecule has 1 aliphatic rings. The van der Waals surface area contributed by atoms with Gasteiger partial charge in [0.2, 0.25) is 5.90 Å². The molecule has 1 aliphatic heterocycles. The Morgan fingerprint density at radius 3 is 2.54 bits per heavy atom. The lowest BCUT2D eigenvalue weighted by Crippen LogP contribution is -2.00. The average Bonchev–Trinajstić information content (AvgIpc) is 3.01. The molecule has 0 bridgehead atoms. The summed E-state index contributed by atoms with van der Waals surface area (Å²) in [6, 6.07) is 15.7. The molecule has 2 aromatic carbocycles. The summed E-state index contributed by atoms with van der Waals surface area (Å²) in [5, 5.41) is 0. The summed E-state index contributed by atoms with van der Waals surface area (Å²) < 4.78 is 10.5. The molecule has 130 valence electrons. The zero-order valence-electron chi connectivity index (χ0n) is 14.7. The Hall–Kier alpha value is -3.40. The van der Waals surface area contributed by atoms with Crippen molar-refractivity contribution in [2.24, 2.45) is 4.99 Å². The Morgan fingerprint density at radius 1 is 1.00 bits per heavy atom. The largest absolute Gasteiger partial charge is 0.496 e. The van der Waals surface area contributed by atoms with Gasteiger partial charge in [0.1, 0.15) is 5.75 Å². The van der Waals surface area contributed by atoms with Gasteiger partial charge in [0.05, 0.1) is 7.11 Å². The van der Waals surface area contributed by atoms with Gasteiger partial charge in [0, 0.05) is 11.6 Å². The molecule has 0 saturated heterocycles. The zero-order chi connectivity index (χ0) is 18.4. The molecule has 0 aliphatic carbocycles. The van der Waals surface area contributed by atoms with E-state index in [0.717, 1.165) is 16.9 Å². The molecule has 0 fully saturated rings.